The van der Waals surface area contributed by atoms with Crippen LogP contribution in [-0.4, -0.2) is 57.8 Å². The molecule has 1 saturated carbocycles. The predicted molar refractivity (Wildman–Crippen MR) is 123 cm³/mol. The molecule has 2 fully saturated rings. The summed E-state index contributed by atoms with van der Waals surface area (Å²) in [6.07, 6.45) is 4.03. The molecule has 3 aliphatic rings. The van der Waals surface area contributed by atoms with Crippen LogP contribution in [0.4, 0.5) is 20.4 Å². The Hall–Kier alpha value is -3.34. The second-order valence-corrected chi connectivity index (χ2v) is 9.42. The summed E-state index contributed by atoms with van der Waals surface area (Å²) in [6, 6.07) is 5.71. The molecule has 2 aromatic heterocycles. The molecule has 1 aromatic carbocycles. The smallest absolute Gasteiger partial charge is 0.242 e. The molecule has 3 atom stereocenters. The summed E-state index contributed by atoms with van der Waals surface area (Å²) >= 11 is 0. The van der Waals surface area contributed by atoms with E-state index in [9.17, 15) is 8.78 Å². The van der Waals surface area contributed by atoms with Gasteiger partial charge in [0.15, 0.2) is 5.82 Å². The van der Waals surface area contributed by atoms with Gasteiger partial charge >= 0.3 is 0 Å². The van der Waals surface area contributed by atoms with Gasteiger partial charge in [-0.25, -0.2) is 13.5 Å². The Balaban J connectivity index is 1.21. The van der Waals surface area contributed by atoms with Crippen molar-refractivity contribution in [2.24, 2.45) is 11.8 Å². The van der Waals surface area contributed by atoms with Crippen molar-refractivity contribution in [1.29, 1.82) is 0 Å². The number of hydrogen-bond donors (Lipinski definition) is 1. The number of fused-ring (bicyclic) bond motifs is 3. The molecular formula is C24H27F2N7O2. The zero-order valence-corrected chi connectivity index (χ0v) is 19.4. The Bertz CT molecular complexity index is 1210. The van der Waals surface area contributed by atoms with E-state index in [0.717, 1.165) is 44.1 Å². The third-order valence-corrected chi connectivity index (χ3v) is 7.30. The van der Waals surface area contributed by atoms with Crippen molar-refractivity contribution in [3.63, 3.8) is 0 Å². The van der Waals surface area contributed by atoms with Crippen LogP contribution in [0.15, 0.2) is 30.5 Å². The standard InChI is InChI=1S/C24H27F2N7O2/c1-34-20-10-17(11-27-30-20)32-12-14-3-4-15(13-32)21(14)28-24-29-23-22(35-8-2-7-33(23)31-24)18-6-5-16(25)9-19(18)26/h5-6,9-11,14-15,21-22H,2-4,7-8,12-13H2,1H3,(H,28,31)/t14-,15-,22-/m1/s1. The number of aromatic nitrogens is 5. The maximum absolute atomic E-state index is 14.6. The van der Waals surface area contributed by atoms with Crippen LogP contribution in [0.2, 0.25) is 0 Å². The van der Waals surface area contributed by atoms with Crippen LogP contribution in [0.5, 0.6) is 5.88 Å². The lowest BCUT2D eigenvalue weighted by atomic mass is 9.92. The van der Waals surface area contributed by atoms with Crippen LogP contribution in [0.3, 0.4) is 0 Å². The fraction of sp³-hybridized carbons (Fsp3) is 0.500. The molecule has 0 unspecified atom stereocenters. The highest BCUT2D eigenvalue weighted by atomic mass is 19.1. The minimum atomic E-state index is -0.728. The molecule has 2 bridgehead atoms. The van der Waals surface area contributed by atoms with E-state index < -0.39 is 17.7 Å². The molecule has 184 valence electrons. The number of hydrogen-bond acceptors (Lipinski definition) is 8. The molecule has 0 spiro atoms. The number of halogens is 2. The molecule has 2 aliphatic heterocycles. The molecule has 35 heavy (non-hydrogen) atoms. The third-order valence-electron chi connectivity index (χ3n) is 7.30. The Morgan fingerprint density at radius 3 is 2.74 bits per heavy atom. The first-order valence-electron chi connectivity index (χ1n) is 12.0. The number of ether oxygens (including phenoxy) is 2. The zero-order valence-electron chi connectivity index (χ0n) is 19.4. The zero-order chi connectivity index (χ0) is 23.9. The summed E-state index contributed by atoms with van der Waals surface area (Å²) in [5.41, 5.74) is 1.28. The number of nitrogens with zero attached hydrogens (tertiary/aromatic N) is 6. The van der Waals surface area contributed by atoms with Crippen molar-refractivity contribution >= 4 is 11.6 Å². The second-order valence-electron chi connectivity index (χ2n) is 9.42. The minimum absolute atomic E-state index is 0.247. The van der Waals surface area contributed by atoms with Gasteiger partial charge in [0.25, 0.3) is 0 Å². The van der Waals surface area contributed by atoms with Gasteiger partial charge in [-0.05, 0) is 37.2 Å². The van der Waals surface area contributed by atoms with E-state index in [1.165, 1.54) is 12.1 Å². The third kappa shape index (κ3) is 4.18. The minimum Gasteiger partial charge on any atom is -0.480 e. The van der Waals surface area contributed by atoms with Gasteiger partial charge in [-0.15, -0.1) is 10.2 Å². The molecule has 3 aromatic rings. The fourth-order valence-electron chi connectivity index (χ4n) is 5.64. The van der Waals surface area contributed by atoms with Gasteiger partial charge < -0.3 is 19.7 Å². The lowest BCUT2D eigenvalue weighted by molar-refractivity contribution is 0.0787. The van der Waals surface area contributed by atoms with Gasteiger partial charge in [-0.2, -0.15) is 10.1 Å². The van der Waals surface area contributed by atoms with Crippen LogP contribution in [-0.2, 0) is 11.3 Å². The first-order chi connectivity index (χ1) is 17.1. The number of nitrogens with one attached hydrogen (secondary N) is 1. The van der Waals surface area contributed by atoms with Crippen LogP contribution in [0.1, 0.15) is 36.8 Å². The molecule has 1 saturated heterocycles. The highest BCUT2D eigenvalue weighted by Crippen LogP contribution is 2.40. The lowest BCUT2D eigenvalue weighted by Gasteiger charge is -2.39. The largest absolute Gasteiger partial charge is 0.480 e. The highest BCUT2D eigenvalue weighted by molar-refractivity contribution is 5.48. The number of benzene rings is 1. The van der Waals surface area contributed by atoms with E-state index in [2.05, 4.69) is 20.4 Å². The molecule has 6 rings (SSSR count). The van der Waals surface area contributed by atoms with Gasteiger partial charge in [0.2, 0.25) is 11.8 Å². The lowest BCUT2D eigenvalue weighted by Crippen LogP contribution is -2.48. The van der Waals surface area contributed by atoms with Crippen LogP contribution >= 0.6 is 0 Å². The number of methoxy groups -OCH3 is 1. The van der Waals surface area contributed by atoms with Crippen LogP contribution in [0.25, 0.3) is 0 Å². The number of aryl methyl sites for hydroxylation is 1. The fourth-order valence-corrected chi connectivity index (χ4v) is 5.64. The summed E-state index contributed by atoms with van der Waals surface area (Å²) in [7, 11) is 1.59. The Labute approximate surface area is 201 Å². The van der Waals surface area contributed by atoms with E-state index in [4.69, 9.17) is 19.6 Å². The molecule has 0 amide bonds. The average molecular weight is 484 g/mol. The van der Waals surface area contributed by atoms with E-state index >= 15 is 0 Å². The predicted octanol–water partition coefficient (Wildman–Crippen LogP) is 3.19. The van der Waals surface area contributed by atoms with Gasteiger partial charge in [0.05, 0.1) is 19.0 Å². The molecule has 4 heterocycles. The first-order valence-corrected chi connectivity index (χ1v) is 12.0. The van der Waals surface area contributed by atoms with Crippen molar-refractivity contribution in [3.8, 4) is 5.88 Å². The summed E-state index contributed by atoms with van der Waals surface area (Å²) < 4.78 is 41.0. The summed E-state index contributed by atoms with van der Waals surface area (Å²) in [4.78, 5) is 7.07. The van der Waals surface area contributed by atoms with Crippen molar-refractivity contribution in [1.82, 2.24) is 25.0 Å². The number of rotatable bonds is 5. The van der Waals surface area contributed by atoms with Gasteiger partial charge in [0, 0.05) is 50.0 Å². The molecule has 1 aliphatic carbocycles. The Morgan fingerprint density at radius 2 is 1.97 bits per heavy atom. The van der Waals surface area contributed by atoms with Crippen molar-refractivity contribution < 1.29 is 18.3 Å². The quantitative estimate of drug-likeness (QED) is 0.592. The van der Waals surface area contributed by atoms with Gasteiger partial charge in [0.1, 0.15) is 17.7 Å². The molecule has 1 N–H and O–H groups in total. The van der Waals surface area contributed by atoms with Crippen molar-refractivity contribution in [2.45, 2.75) is 38.0 Å². The first kappa shape index (κ1) is 22.1. The van der Waals surface area contributed by atoms with Crippen LogP contribution in [0, 0.1) is 23.5 Å². The summed E-state index contributed by atoms with van der Waals surface area (Å²) in [5, 5.41) is 16.3. The van der Waals surface area contributed by atoms with Crippen LogP contribution < -0.4 is 15.0 Å². The topological polar surface area (TPSA) is 90.2 Å². The van der Waals surface area contributed by atoms with E-state index in [-0.39, 0.29) is 11.6 Å². The monoisotopic (exact) mass is 483 g/mol. The molecule has 0 radical (unpaired) electrons. The molecule has 9 nitrogen and oxygen atoms in total. The number of piperidine rings is 1. The van der Waals surface area contributed by atoms with E-state index in [1.54, 1.807) is 18.0 Å². The van der Waals surface area contributed by atoms with Crippen molar-refractivity contribution in [2.75, 3.05) is 37.0 Å². The maximum Gasteiger partial charge on any atom is 0.242 e. The Kier molecular flexibility index (Phi) is 5.71. The Morgan fingerprint density at radius 1 is 1.14 bits per heavy atom. The van der Waals surface area contributed by atoms with Crippen molar-refractivity contribution in [3.05, 3.63) is 53.5 Å². The van der Waals surface area contributed by atoms with Gasteiger partial charge in [-0.1, -0.05) is 6.07 Å². The second kappa shape index (κ2) is 9.03. The summed E-state index contributed by atoms with van der Waals surface area (Å²) in [5.74, 6) is 1.17. The SMILES string of the molecule is COc1cc(N2C[C@H]3CC[C@H](C2)C3Nc2nc3n(n2)CCCO[C@@H]3c2ccc(F)cc2F)cnn1. The normalized spacial score (nSPS) is 25.7. The molecule has 11 heteroatoms. The maximum atomic E-state index is 14.6. The van der Waals surface area contributed by atoms with E-state index in [0.29, 0.717) is 42.6 Å². The summed E-state index contributed by atoms with van der Waals surface area (Å²) in [6.45, 7) is 2.87. The highest BCUT2D eigenvalue weighted by Gasteiger charge is 2.43. The van der Waals surface area contributed by atoms with Gasteiger partial charge in [-0.3, -0.25) is 0 Å². The average Bonchev–Trinajstić information content (AvgIpc) is 3.27. The molecular weight excluding hydrogens is 456 g/mol. The number of anilines is 2. The van der Waals surface area contributed by atoms with E-state index in [1.807, 2.05) is 6.07 Å².